The van der Waals surface area contributed by atoms with Crippen molar-refractivity contribution in [3.8, 4) is 0 Å². The van der Waals surface area contributed by atoms with Gasteiger partial charge in [-0.25, -0.2) is 13.2 Å². The Morgan fingerprint density at radius 3 is 2.48 bits per heavy atom. The molecule has 0 atom stereocenters. The summed E-state index contributed by atoms with van der Waals surface area (Å²) in [6.07, 6.45) is 0. The van der Waals surface area contributed by atoms with Crippen molar-refractivity contribution in [3.63, 3.8) is 0 Å². The fraction of sp³-hybridized carbons (Fsp3) is 0.250. The van der Waals surface area contributed by atoms with E-state index in [1.807, 2.05) is 12.1 Å². The summed E-state index contributed by atoms with van der Waals surface area (Å²) in [6, 6.07) is 6.39. The van der Waals surface area contributed by atoms with Gasteiger partial charge in [0.1, 0.15) is 9.09 Å². The predicted molar refractivity (Wildman–Crippen MR) is 86.6 cm³/mol. The van der Waals surface area contributed by atoms with E-state index < -0.39 is 16.0 Å². The Bertz CT molecular complexity index is 750. The van der Waals surface area contributed by atoms with Gasteiger partial charge in [-0.1, -0.05) is 6.92 Å². The summed E-state index contributed by atoms with van der Waals surface area (Å²) in [5.74, 6) is -1.12. The van der Waals surface area contributed by atoms with Crippen LogP contribution in [0.25, 0.3) is 0 Å². The third-order valence-electron chi connectivity index (χ3n) is 2.70. The van der Waals surface area contributed by atoms with Crippen molar-refractivity contribution in [1.82, 2.24) is 4.31 Å². The monoisotopic (exact) mass is 409 g/mol. The van der Waals surface area contributed by atoms with Crippen LogP contribution in [0.5, 0.6) is 0 Å². The lowest BCUT2D eigenvalue weighted by Gasteiger charge is -2.18. The molecule has 114 valence electrons. The summed E-state index contributed by atoms with van der Waals surface area (Å²) in [5, 5.41) is 8.90. The van der Waals surface area contributed by atoms with Gasteiger partial charge < -0.3 is 5.11 Å². The van der Waals surface area contributed by atoms with Crippen molar-refractivity contribution in [2.24, 2.45) is 0 Å². The molecule has 9 heteroatoms. The Balaban J connectivity index is 2.28. The number of thiophene rings is 2. The Kier molecular flexibility index (Phi) is 5.20. The number of nitrogens with zero attached hydrogens (tertiary/aromatic N) is 1. The number of sulfonamides is 1. The van der Waals surface area contributed by atoms with Crippen molar-refractivity contribution < 1.29 is 18.3 Å². The SMILES string of the molecule is CCN(Cc1ccc(Br)s1)S(=O)(=O)c1ccc(C(=O)O)s1. The van der Waals surface area contributed by atoms with Crippen molar-refractivity contribution in [2.45, 2.75) is 17.7 Å². The first kappa shape index (κ1) is 16.6. The second kappa shape index (κ2) is 6.57. The number of rotatable bonds is 6. The van der Waals surface area contributed by atoms with Crippen LogP contribution in [-0.2, 0) is 16.6 Å². The summed E-state index contributed by atoms with van der Waals surface area (Å²) in [6.45, 7) is 2.35. The molecule has 0 aliphatic carbocycles. The molecule has 0 saturated carbocycles. The van der Waals surface area contributed by atoms with E-state index in [0.717, 1.165) is 20.0 Å². The molecule has 0 aromatic carbocycles. The molecule has 0 fully saturated rings. The maximum absolute atomic E-state index is 12.5. The average molecular weight is 410 g/mol. The van der Waals surface area contributed by atoms with Gasteiger partial charge in [0.25, 0.3) is 10.0 Å². The van der Waals surface area contributed by atoms with Gasteiger partial charge in [0.2, 0.25) is 0 Å². The summed E-state index contributed by atoms with van der Waals surface area (Å²) in [5.41, 5.74) is 0. The molecule has 21 heavy (non-hydrogen) atoms. The molecule has 2 aromatic rings. The van der Waals surface area contributed by atoms with E-state index in [-0.39, 0.29) is 15.6 Å². The lowest BCUT2D eigenvalue weighted by molar-refractivity contribution is 0.0702. The fourth-order valence-corrected chi connectivity index (χ4v) is 5.99. The molecule has 0 aliphatic rings. The van der Waals surface area contributed by atoms with Gasteiger partial charge in [-0.3, -0.25) is 0 Å². The van der Waals surface area contributed by atoms with Crippen molar-refractivity contribution in [3.05, 3.63) is 37.8 Å². The third-order valence-corrected chi connectivity index (χ3v) is 7.77. The van der Waals surface area contributed by atoms with E-state index in [1.165, 1.54) is 27.8 Å². The van der Waals surface area contributed by atoms with Crippen LogP contribution in [0.3, 0.4) is 0 Å². The van der Waals surface area contributed by atoms with Crippen LogP contribution < -0.4 is 0 Å². The van der Waals surface area contributed by atoms with Crippen LogP contribution in [0.4, 0.5) is 0 Å². The van der Waals surface area contributed by atoms with Gasteiger partial charge >= 0.3 is 5.97 Å². The molecular formula is C12H12BrNO4S3. The van der Waals surface area contributed by atoms with Gasteiger partial charge in [0, 0.05) is 18.0 Å². The minimum absolute atomic E-state index is 0.0171. The lowest BCUT2D eigenvalue weighted by atomic mass is 10.4. The van der Waals surface area contributed by atoms with Crippen LogP contribution in [0, 0.1) is 0 Å². The first-order valence-electron chi connectivity index (χ1n) is 5.92. The third kappa shape index (κ3) is 3.72. The smallest absolute Gasteiger partial charge is 0.345 e. The van der Waals surface area contributed by atoms with Gasteiger partial charge in [0.15, 0.2) is 0 Å². The molecule has 2 heterocycles. The standard InChI is InChI=1S/C12H12BrNO4S3/c1-2-14(7-8-3-5-10(13)19-8)21(17,18)11-6-4-9(20-11)12(15)16/h3-6H,2,7H2,1H3,(H,15,16). The second-order valence-electron chi connectivity index (χ2n) is 4.06. The molecular weight excluding hydrogens is 398 g/mol. The van der Waals surface area contributed by atoms with Crippen molar-refractivity contribution in [2.75, 3.05) is 6.54 Å². The molecule has 2 aromatic heterocycles. The minimum atomic E-state index is -3.67. The second-order valence-corrected chi connectivity index (χ2v) is 9.86. The quantitative estimate of drug-likeness (QED) is 0.791. The zero-order chi connectivity index (χ0) is 15.6. The molecule has 0 spiro atoms. The molecule has 0 saturated heterocycles. The molecule has 0 amide bonds. The van der Waals surface area contributed by atoms with Crippen LogP contribution in [-0.4, -0.2) is 30.3 Å². The van der Waals surface area contributed by atoms with E-state index in [0.29, 0.717) is 6.54 Å². The highest BCUT2D eigenvalue weighted by Gasteiger charge is 2.26. The van der Waals surface area contributed by atoms with Gasteiger partial charge in [-0.05, 0) is 40.2 Å². The Morgan fingerprint density at radius 2 is 2.00 bits per heavy atom. The summed E-state index contributed by atoms with van der Waals surface area (Å²) in [4.78, 5) is 11.8. The normalized spacial score (nSPS) is 12.0. The first-order chi connectivity index (χ1) is 9.84. The van der Waals surface area contributed by atoms with E-state index in [1.54, 1.807) is 6.92 Å². The highest BCUT2D eigenvalue weighted by Crippen LogP contribution is 2.28. The number of halogens is 1. The maximum Gasteiger partial charge on any atom is 0.345 e. The zero-order valence-electron chi connectivity index (χ0n) is 10.9. The summed E-state index contributed by atoms with van der Waals surface area (Å²) < 4.78 is 27.4. The van der Waals surface area contributed by atoms with E-state index in [9.17, 15) is 13.2 Å². The topological polar surface area (TPSA) is 74.7 Å². The maximum atomic E-state index is 12.5. The average Bonchev–Trinajstić information content (AvgIpc) is 3.04. The molecule has 0 radical (unpaired) electrons. The fourth-order valence-electron chi connectivity index (χ4n) is 1.68. The van der Waals surface area contributed by atoms with E-state index in [2.05, 4.69) is 15.9 Å². The summed E-state index contributed by atoms with van der Waals surface area (Å²) >= 11 is 5.59. The molecule has 5 nitrogen and oxygen atoms in total. The largest absolute Gasteiger partial charge is 0.477 e. The number of carbonyl (C=O) groups is 1. The van der Waals surface area contributed by atoms with Gasteiger partial charge in [-0.2, -0.15) is 4.31 Å². The Hall–Kier alpha value is -0.740. The Labute approximate surface area is 139 Å². The molecule has 2 rings (SSSR count). The summed E-state index contributed by atoms with van der Waals surface area (Å²) in [7, 11) is -3.67. The first-order valence-corrected chi connectivity index (χ1v) is 9.78. The zero-order valence-corrected chi connectivity index (χ0v) is 15.0. The molecule has 0 unspecified atom stereocenters. The van der Waals surface area contributed by atoms with Crippen molar-refractivity contribution >= 4 is 54.6 Å². The molecule has 0 aliphatic heterocycles. The van der Waals surface area contributed by atoms with E-state index in [4.69, 9.17) is 5.11 Å². The number of hydrogen-bond acceptors (Lipinski definition) is 5. The minimum Gasteiger partial charge on any atom is -0.477 e. The van der Waals surface area contributed by atoms with Gasteiger partial charge in [0.05, 0.1) is 3.79 Å². The lowest BCUT2D eigenvalue weighted by Crippen LogP contribution is -2.29. The number of aromatic carboxylic acids is 1. The highest BCUT2D eigenvalue weighted by molar-refractivity contribution is 9.11. The number of carboxylic acids is 1. The molecule has 0 bridgehead atoms. The van der Waals surface area contributed by atoms with Gasteiger partial charge in [-0.15, -0.1) is 22.7 Å². The predicted octanol–water partition coefficient (Wildman–Crippen LogP) is 3.48. The van der Waals surface area contributed by atoms with Crippen LogP contribution >= 0.6 is 38.6 Å². The van der Waals surface area contributed by atoms with E-state index >= 15 is 0 Å². The molecule has 1 N–H and O–H groups in total. The number of carboxylic acid groups (broad SMARTS) is 1. The highest BCUT2D eigenvalue weighted by atomic mass is 79.9. The Morgan fingerprint density at radius 1 is 1.29 bits per heavy atom. The van der Waals surface area contributed by atoms with Crippen LogP contribution in [0.1, 0.15) is 21.5 Å². The van der Waals surface area contributed by atoms with Crippen molar-refractivity contribution in [1.29, 1.82) is 0 Å². The van der Waals surface area contributed by atoms with Crippen LogP contribution in [0.15, 0.2) is 32.3 Å². The number of hydrogen-bond donors (Lipinski definition) is 1. The van der Waals surface area contributed by atoms with Crippen LogP contribution in [0.2, 0.25) is 0 Å².